The number of pyridine rings is 1. The molecule has 0 spiro atoms. The van der Waals surface area contributed by atoms with Crippen LogP contribution in [0.1, 0.15) is 25.3 Å². The smallest absolute Gasteiger partial charge is 0.356 e. The molecule has 1 aromatic rings. The van der Waals surface area contributed by atoms with Crippen LogP contribution in [-0.2, 0) is 11.0 Å². The molecule has 0 saturated heterocycles. The lowest BCUT2D eigenvalue weighted by atomic mass is 9.98. The van der Waals surface area contributed by atoms with Gasteiger partial charge in [0, 0.05) is 30.3 Å². The number of amides is 1. The lowest BCUT2D eigenvalue weighted by Crippen LogP contribution is -2.42. The summed E-state index contributed by atoms with van der Waals surface area (Å²) in [6, 6.07) is 0.608. The first-order valence-corrected chi connectivity index (χ1v) is 8.10. The molecule has 154 valence electrons. The zero-order valence-electron chi connectivity index (χ0n) is 14.6. The van der Waals surface area contributed by atoms with E-state index in [-0.39, 0.29) is 12.0 Å². The van der Waals surface area contributed by atoms with Crippen LogP contribution in [0.4, 0.5) is 26.3 Å². The molecule has 2 N–H and O–H groups in total. The SMILES string of the molecule is CC(F)(F)CCN(Oc1ccc(C(F)(F)F)cn1)C(=O)C1=CC(F)=CCC1N. The summed E-state index contributed by atoms with van der Waals surface area (Å²) in [6.07, 6.45) is -2.93. The zero-order chi connectivity index (χ0) is 21.1. The average molecular weight is 409 g/mol. The molecule has 0 bridgehead atoms. The lowest BCUT2D eigenvalue weighted by molar-refractivity contribution is -0.157. The molecule has 1 heterocycles. The summed E-state index contributed by atoms with van der Waals surface area (Å²) in [5.74, 6) is -5.29. The number of hydroxylamine groups is 2. The predicted octanol–water partition coefficient (Wildman–Crippen LogP) is 3.78. The van der Waals surface area contributed by atoms with Crippen LogP contribution in [0.25, 0.3) is 0 Å². The van der Waals surface area contributed by atoms with Gasteiger partial charge in [-0.05, 0) is 31.6 Å². The number of alkyl halides is 5. The fourth-order valence-corrected chi connectivity index (χ4v) is 2.25. The van der Waals surface area contributed by atoms with E-state index in [2.05, 4.69) is 4.98 Å². The highest BCUT2D eigenvalue weighted by molar-refractivity contribution is 5.94. The Labute approximate surface area is 156 Å². The third-order valence-electron chi connectivity index (χ3n) is 3.75. The molecule has 0 fully saturated rings. The normalized spacial score (nSPS) is 17.6. The Morgan fingerprint density at radius 2 is 2.00 bits per heavy atom. The summed E-state index contributed by atoms with van der Waals surface area (Å²) >= 11 is 0. The Hall–Kier alpha value is -2.56. The van der Waals surface area contributed by atoms with Crippen LogP contribution in [0.15, 0.2) is 41.9 Å². The Bertz CT molecular complexity index is 769. The third-order valence-corrected chi connectivity index (χ3v) is 3.75. The van der Waals surface area contributed by atoms with Crippen LogP contribution in [0, 0.1) is 0 Å². The van der Waals surface area contributed by atoms with E-state index in [4.69, 9.17) is 10.6 Å². The van der Waals surface area contributed by atoms with Crippen molar-refractivity contribution in [3.63, 3.8) is 0 Å². The second kappa shape index (κ2) is 8.21. The van der Waals surface area contributed by atoms with Crippen LogP contribution in [-0.4, -0.2) is 34.5 Å². The molecule has 1 aliphatic rings. The average Bonchev–Trinajstić information content (AvgIpc) is 2.59. The van der Waals surface area contributed by atoms with Gasteiger partial charge in [-0.3, -0.25) is 4.79 Å². The molecule has 11 heteroatoms. The van der Waals surface area contributed by atoms with E-state index < -0.39 is 54.3 Å². The predicted molar refractivity (Wildman–Crippen MR) is 86.7 cm³/mol. The van der Waals surface area contributed by atoms with Crippen molar-refractivity contribution in [2.24, 2.45) is 5.73 Å². The molecule has 5 nitrogen and oxygen atoms in total. The first kappa shape index (κ1) is 21.7. The van der Waals surface area contributed by atoms with Crippen LogP contribution < -0.4 is 10.6 Å². The molecule has 1 aromatic heterocycles. The number of carbonyl (C=O) groups is 1. The molecular weight excluding hydrogens is 392 g/mol. The Morgan fingerprint density at radius 3 is 2.54 bits per heavy atom. The molecule has 0 aliphatic heterocycles. The number of nitrogens with two attached hydrogens (primary N) is 1. The van der Waals surface area contributed by atoms with Crippen molar-refractivity contribution in [1.82, 2.24) is 10.0 Å². The van der Waals surface area contributed by atoms with E-state index in [0.29, 0.717) is 24.3 Å². The van der Waals surface area contributed by atoms with Gasteiger partial charge in [0.15, 0.2) is 0 Å². The molecule has 0 radical (unpaired) electrons. The third kappa shape index (κ3) is 5.98. The van der Waals surface area contributed by atoms with E-state index in [0.717, 1.165) is 18.2 Å². The van der Waals surface area contributed by atoms with Crippen molar-refractivity contribution >= 4 is 5.91 Å². The molecule has 1 unspecified atom stereocenters. The van der Waals surface area contributed by atoms with Gasteiger partial charge in [0.05, 0.1) is 12.1 Å². The maximum absolute atomic E-state index is 13.5. The van der Waals surface area contributed by atoms with Gasteiger partial charge < -0.3 is 10.6 Å². The van der Waals surface area contributed by atoms with E-state index in [1.807, 2.05) is 0 Å². The number of carbonyl (C=O) groups excluding carboxylic acids is 1. The van der Waals surface area contributed by atoms with E-state index in [1.54, 1.807) is 0 Å². The van der Waals surface area contributed by atoms with Gasteiger partial charge in [-0.1, -0.05) is 0 Å². The highest BCUT2D eigenvalue weighted by Crippen LogP contribution is 2.29. The van der Waals surface area contributed by atoms with E-state index >= 15 is 0 Å². The summed E-state index contributed by atoms with van der Waals surface area (Å²) in [4.78, 5) is 21.1. The molecule has 1 atom stereocenters. The maximum atomic E-state index is 13.5. The lowest BCUT2D eigenvalue weighted by Gasteiger charge is -2.26. The maximum Gasteiger partial charge on any atom is 0.417 e. The first-order valence-electron chi connectivity index (χ1n) is 8.10. The van der Waals surface area contributed by atoms with Gasteiger partial charge in [-0.25, -0.2) is 18.2 Å². The minimum absolute atomic E-state index is 0.0136. The molecule has 0 saturated carbocycles. The highest BCUT2D eigenvalue weighted by atomic mass is 19.4. The monoisotopic (exact) mass is 409 g/mol. The molecular formula is C17H17F6N3O2. The standard InChI is InChI=1S/C17H17F6N3O2/c1-16(19,20)6-7-26(15(27)12-8-11(18)3-4-13(12)24)28-14-5-2-10(9-25-14)17(21,22)23/h2-3,5,8-9,13H,4,6-7,24H2,1H3. The Kier molecular flexibility index (Phi) is 6.37. The van der Waals surface area contributed by atoms with Crippen molar-refractivity contribution in [1.29, 1.82) is 0 Å². The largest absolute Gasteiger partial charge is 0.417 e. The van der Waals surface area contributed by atoms with Gasteiger partial charge in [0.1, 0.15) is 5.83 Å². The number of hydrogen-bond acceptors (Lipinski definition) is 4. The first-order chi connectivity index (χ1) is 12.9. The number of hydrogen-bond donors (Lipinski definition) is 1. The molecule has 0 aromatic carbocycles. The number of rotatable bonds is 6. The summed E-state index contributed by atoms with van der Waals surface area (Å²) in [5, 5.41) is 0.483. The van der Waals surface area contributed by atoms with Crippen molar-refractivity contribution in [2.45, 2.75) is 37.9 Å². The van der Waals surface area contributed by atoms with Crippen LogP contribution >= 0.6 is 0 Å². The number of allylic oxidation sites excluding steroid dienone is 2. The topological polar surface area (TPSA) is 68.5 Å². The van der Waals surface area contributed by atoms with Gasteiger partial charge in [-0.15, -0.1) is 0 Å². The van der Waals surface area contributed by atoms with Gasteiger partial charge in [-0.2, -0.15) is 18.2 Å². The summed E-state index contributed by atoms with van der Waals surface area (Å²) in [7, 11) is 0. The van der Waals surface area contributed by atoms with Crippen LogP contribution in [0.2, 0.25) is 0 Å². The zero-order valence-corrected chi connectivity index (χ0v) is 14.6. The Morgan fingerprint density at radius 1 is 1.32 bits per heavy atom. The quantitative estimate of drug-likeness (QED) is 0.574. The molecule has 1 amide bonds. The van der Waals surface area contributed by atoms with Crippen molar-refractivity contribution in [3.8, 4) is 5.88 Å². The van der Waals surface area contributed by atoms with Crippen LogP contribution in [0.5, 0.6) is 5.88 Å². The van der Waals surface area contributed by atoms with Gasteiger partial charge >= 0.3 is 6.18 Å². The molecule has 28 heavy (non-hydrogen) atoms. The Balaban J connectivity index is 2.24. The molecule has 2 rings (SSSR count). The summed E-state index contributed by atoms with van der Waals surface area (Å²) in [6.45, 7) is 0.000475. The molecule has 1 aliphatic carbocycles. The van der Waals surface area contributed by atoms with Crippen LogP contribution in [0.3, 0.4) is 0 Å². The summed E-state index contributed by atoms with van der Waals surface area (Å²) < 4.78 is 77.7. The fraction of sp³-hybridized carbons (Fsp3) is 0.412. The van der Waals surface area contributed by atoms with E-state index in [1.165, 1.54) is 0 Å². The fourth-order valence-electron chi connectivity index (χ4n) is 2.25. The number of halogens is 6. The number of aromatic nitrogens is 1. The van der Waals surface area contributed by atoms with Gasteiger partial charge in [0.2, 0.25) is 11.8 Å². The second-order valence-electron chi connectivity index (χ2n) is 6.23. The minimum Gasteiger partial charge on any atom is -0.356 e. The summed E-state index contributed by atoms with van der Waals surface area (Å²) in [5.41, 5.74) is 4.48. The van der Waals surface area contributed by atoms with Crippen molar-refractivity contribution in [2.75, 3.05) is 6.54 Å². The minimum atomic E-state index is -4.63. The van der Waals surface area contributed by atoms with E-state index in [9.17, 15) is 31.1 Å². The van der Waals surface area contributed by atoms with Crippen molar-refractivity contribution < 1.29 is 36.0 Å². The number of nitrogens with zero attached hydrogens (tertiary/aromatic N) is 2. The second-order valence-corrected chi connectivity index (χ2v) is 6.23. The van der Waals surface area contributed by atoms with Crippen molar-refractivity contribution in [3.05, 3.63) is 47.4 Å². The highest BCUT2D eigenvalue weighted by Gasteiger charge is 2.32. The van der Waals surface area contributed by atoms with Gasteiger partial charge in [0.25, 0.3) is 5.91 Å².